The Labute approximate surface area is 110 Å². The lowest BCUT2D eigenvalue weighted by Crippen LogP contribution is -2.12. The molecule has 6 N–H and O–H groups in total. The van der Waals surface area contributed by atoms with Gasteiger partial charge in [-0.15, -0.1) is 0 Å². The van der Waals surface area contributed by atoms with Gasteiger partial charge >= 0.3 is 5.69 Å². The van der Waals surface area contributed by atoms with Gasteiger partial charge in [-0.1, -0.05) is 6.07 Å². The molecule has 0 bridgehead atoms. The van der Waals surface area contributed by atoms with Crippen molar-refractivity contribution in [3.8, 4) is 0 Å². The largest absolute Gasteiger partial charge is 0.379 e. The van der Waals surface area contributed by atoms with Crippen LogP contribution in [0.5, 0.6) is 0 Å². The number of nitrogens with one attached hydrogen (secondary N) is 2. The van der Waals surface area contributed by atoms with Crippen molar-refractivity contribution in [3.63, 3.8) is 0 Å². The van der Waals surface area contributed by atoms with Crippen molar-refractivity contribution in [2.75, 3.05) is 17.3 Å². The van der Waals surface area contributed by atoms with E-state index >= 15 is 0 Å². The van der Waals surface area contributed by atoms with E-state index in [0.29, 0.717) is 31.5 Å². The van der Waals surface area contributed by atoms with Gasteiger partial charge in [0.15, 0.2) is 0 Å². The zero-order valence-corrected chi connectivity index (χ0v) is 10.4. The van der Waals surface area contributed by atoms with Crippen LogP contribution in [0.1, 0.15) is 19.3 Å². The zero-order valence-electron chi connectivity index (χ0n) is 10.4. The van der Waals surface area contributed by atoms with Gasteiger partial charge in [0.1, 0.15) is 11.4 Å². The Bertz CT molecular complexity index is 464. The molecule has 0 saturated carbocycles. The van der Waals surface area contributed by atoms with Crippen molar-refractivity contribution in [1.82, 2.24) is 0 Å². The van der Waals surface area contributed by atoms with Gasteiger partial charge in [-0.2, -0.15) is 0 Å². The lowest BCUT2D eigenvalue weighted by atomic mass is 10.2. The summed E-state index contributed by atoms with van der Waals surface area (Å²) in [7, 11) is 0. The summed E-state index contributed by atoms with van der Waals surface area (Å²) in [6.45, 7) is 0.516. The molecule has 0 fully saturated rings. The van der Waals surface area contributed by atoms with E-state index in [4.69, 9.17) is 11.6 Å². The van der Waals surface area contributed by atoms with E-state index < -0.39 is 4.92 Å². The minimum absolute atomic E-state index is 0.0973. The maximum atomic E-state index is 11.0. The van der Waals surface area contributed by atoms with Gasteiger partial charge in [-0.05, 0) is 25.0 Å². The van der Waals surface area contributed by atoms with E-state index in [2.05, 4.69) is 10.7 Å². The first-order valence-electron chi connectivity index (χ1n) is 5.82. The molecule has 0 radical (unpaired) electrons. The average Bonchev–Trinajstić information content (AvgIpc) is 2.37. The van der Waals surface area contributed by atoms with Gasteiger partial charge in [0, 0.05) is 13.0 Å². The molecule has 0 atom stereocenters. The van der Waals surface area contributed by atoms with Crippen LogP contribution >= 0.6 is 0 Å². The maximum absolute atomic E-state index is 11.0. The standard InChI is InChI=1S/C11H17N5O3/c12-10(17)6-1-2-7-14-8-4-3-5-9(15-13)11(8)16(18)19/h3-5,14-15H,1-2,6-7,13H2,(H2,12,17). The van der Waals surface area contributed by atoms with Gasteiger partial charge in [0.25, 0.3) is 0 Å². The Morgan fingerprint density at radius 1 is 1.32 bits per heavy atom. The third kappa shape index (κ3) is 4.43. The number of benzene rings is 1. The number of nitro benzene ring substituents is 1. The summed E-state index contributed by atoms with van der Waals surface area (Å²) in [6, 6.07) is 4.79. The van der Waals surface area contributed by atoms with Gasteiger partial charge in [0.05, 0.1) is 4.92 Å². The van der Waals surface area contributed by atoms with Crippen molar-refractivity contribution < 1.29 is 9.72 Å². The quantitative estimate of drug-likeness (QED) is 0.239. The second kappa shape index (κ2) is 7.17. The number of anilines is 2. The first kappa shape index (κ1) is 14.7. The Balaban J connectivity index is 2.62. The molecule has 19 heavy (non-hydrogen) atoms. The zero-order chi connectivity index (χ0) is 14.3. The first-order valence-corrected chi connectivity index (χ1v) is 5.82. The van der Waals surface area contributed by atoms with E-state index in [-0.39, 0.29) is 17.3 Å². The Hall–Kier alpha value is -2.35. The fourth-order valence-corrected chi connectivity index (χ4v) is 1.65. The summed E-state index contributed by atoms with van der Waals surface area (Å²) in [6.07, 6.45) is 1.65. The number of nitrogen functional groups attached to an aromatic ring is 1. The molecule has 1 amide bonds. The first-order chi connectivity index (χ1) is 9.06. The van der Waals surface area contributed by atoms with Crippen LogP contribution in [-0.2, 0) is 4.79 Å². The molecule has 8 heteroatoms. The molecule has 1 rings (SSSR count). The highest BCUT2D eigenvalue weighted by Gasteiger charge is 2.18. The van der Waals surface area contributed by atoms with E-state index in [1.54, 1.807) is 12.1 Å². The molecule has 0 aliphatic rings. The number of nitro groups is 1. The molecular formula is C11H17N5O3. The van der Waals surface area contributed by atoms with E-state index in [0.717, 1.165) is 0 Å². The van der Waals surface area contributed by atoms with Gasteiger partial charge < -0.3 is 16.5 Å². The lowest BCUT2D eigenvalue weighted by molar-refractivity contribution is -0.383. The lowest BCUT2D eigenvalue weighted by Gasteiger charge is -2.09. The Kier molecular flexibility index (Phi) is 5.55. The number of rotatable bonds is 8. The highest BCUT2D eigenvalue weighted by Crippen LogP contribution is 2.31. The number of carbonyl (C=O) groups is 1. The van der Waals surface area contributed by atoms with Gasteiger partial charge in [0.2, 0.25) is 5.91 Å². The molecule has 104 valence electrons. The van der Waals surface area contributed by atoms with Crippen molar-refractivity contribution >= 4 is 23.0 Å². The molecular weight excluding hydrogens is 250 g/mol. The second-order valence-corrected chi connectivity index (χ2v) is 3.95. The molecule has 1 aromatic carbocycles. The highest BCUT2D eigenvalue weighted by atomic mass is 16.6. The van der Waals surface area contributed by atoms with Gasteiger partial charge in [-0.25, -0.2) is 0 Å². The van der Waals surface area contributed by atoms with Crippen LogP contribution < -0.4 is 22.3 Å². The van der Waals surface area contributed by atoms with Crippen LogP contribution in [0.4, 0.5) is 17.1 Å². The number of nitrogens with zero attached hydrogens (tertiary/aromatic N) is 1. The number of hydrogen-bond acceptors (Lipinski definition) is 6. The summed E-state index contributed by atoms with van der Waals surface area (Å²) >= 11 is 0. The van der Waals surface area contributed by atoms with Crippen LogP contribution in [0.3, 0.4) is 0 Å². The molecule has 8 nitrogen and oxygen atoms in total. The molecule has 0 aromatic heterocycles. The van der Waals surface area contributed by atoms with E-state index in [9.17, 15) is 14.9 Å². The smallest absolute Gasteiger partial charge is 0.316 e. The molecule has 0 heterocycles. The van der Waals surface area contributed by atoms with Crippen molar-refractivity contribution in [2.24, 2.45) is 11.6 Å². The number of para-hydroxylation sites is 1. The number of nitrogens with two attached hydrogens (primary N) is 2. The van der Waals surface area contributed by atoms with E-state index in [1.807, 2.05) is 0 Å². The Morgan fingerprint density at radius 2 is 2.00 bits per heavy atom. The molecule has 0 aliphatic heterocycles. The number of amides is 1. The predicted molar refractivity (Wildman–Crippen MR) is 72.4 cm³/mol. The number of carbonyl (C=O) groups excluding carboxylic acids is 1. The third-order valence-electron chi connectivity index (χ3n) is 2.54. The fourth-order valence-electron chi connectivity index (χ4n) is 1.65. The number of hydrazine groups is 1. The normalized spacial score (nSPS) is 9.95. The molecule has 0 aliphatic carbocycles. The van der Waals surface area contributed by atoms with Crippen molar-refractivity contribution in [3.05, 3.63) is 28.3 Å². The van der Waals surface area contributed by atoms with Crippen LogP contribution in [0, 0.1) is 10.1 Å². The van der Waals surface area contributed by atoms with Crippen molar-refractivity contribution in [2.45, 2.75) is 19.3 Å². The Morgan fingerprint density at radius 3 is 2.58 bits per heavy atom. The van der Waals surface area contributed by atoms with Crippen LogP contribution in [0.2, 0.25) is 0 Å². The number of primary amides is 1. The average molecular weight is 267 g/mol. The second-order valence-electron chi connectivity index (χ2n) is 3.95. The summed E-state index contributed by atoms with van der Waals surface area (Å²) in [5, 5.41) is 13.9. The van der Waals surface area contributed by atoms with Crippen LogP contribution in [0.25, 0.3) is 0 Å². The van der Waals surface area contributed by atoms with Gasteiger partial charge in [-0.3, -0.25) is 20.8 Å². The minimum atomic E-state index is -0.499. The summed E-state index contributed by atoms with van der Waals surface area (Å²) < 4.78 is 0. The molecule has 0 spiro atoms. The third-order valence-corrected chi connectivity index (χ3v) is 2.54. The predicted octanol–water partition coefficient (Wildman–Crippen LogP) is 0.948. The summed E-state index contributed by atoms with van der Waals surface area (Å²) in [4.78, 5) is 21.0. The molecule has 1 aromatic rings. The fraction of sp³-hybridized carbons (Fsp3) is 0.364. The van der Waals surface area contributed by atoms with Crippen LogP contribution in [0.15, 0.2) is 18.2 Å². The minimum Gasteiger partial charge on any atom is -0.379 e. The topological polar surface area (TPSA) is 136 Å². The molecule has 0 saturated heterocycles. The van der Waals surface area contributed by atoms with E-state index in [1.165, 1.54) is 6.07 Å². The van der Waals surface area contributed by atoms with Crippen molar-refractivity contribution in [1.29, 1.82) is 0 Å². The van der Waals surface area contributed by atoms with Crippen LogP contribution in [-0.4, -0.2) is 17.4 Å². The molecule has 0 unspecified atom stereocenters. The number of hydrogen-bond donors (Lipinski definition) is 4. The number of unbranched alkanes of at least 4 members (excludes halogenated alkanes) is 1. The summed E-state index contributed by atoms with van der Waals surface area (Å²) in [5.41, 5.74) is 7.84. The summed E-state index contributed by atoms with van der Waals surface area (Å²) in [5.74, 6) is 4.89. The monoisotopic (exact) mass is 267 g/mol. The SMILES string of the molecule is NNc1cccc(NCCCCC(N)=O)c1[N+](=O)[O-]. The maximum Gasteiger partial charge on any atom is 0.316 e. The highest BCUT2D eigenvalue weighted by molar-refractivity contribution is 5.75.